The van der Waals surface area contributed by atoms with Crippen LogP contribution in [0.4, 0.5) is 8.78 Å². The van der Waals surface area contributed by atoms with E-state index in [9.17, 15) is 8.78 Å². The second-order valence-electron chi connectivity index (χ2n) is 2.83. The highest BCUT2D eigenvalue weighted by molar-refractivity contribution is 4.57. The van der Waals surface area contributed by atoms with Gasteiger partial charge >= 0.3 is 0 Å². The normalized spacial score (nSPS) is 14.0. The van der Waals surface area contributed by atoms with Crippen molar-refractivity contribution in [3.05, 3.63) is 0 Å². The highest BCUT2D eigenvalue weighted by Crippen LogP contribution is 2.21. The fourth-order valence-corrected chi connectivity index (χ4v) is 0.577. The molecule has 0 heterocycles. The van der Waals surface area contributed by atoms with Crippen LogP contribution in [0.15, 0.2) is 0 Å². The molecular formula is C6H12F2O. The van der Waals surface area contributed by atoms with Crippen molar-refractivity contribution in [2.24, 2.45) is 0 Å². The van der Waals surface area contributed by atoms with Gasteiger partial charge in [0.05, 0.1) is 0 Å². The summed E-state index contributed by atoms with van der Waals surface area (Å²) in [5, 5.41) is 0. The van der Waals surface area contributed by atoms with Crippen LogP contribution in [0.1, 0.15) is 27.7 Å². The first-order chi connectivity index (χ1) is 3.71. The Morgan fingerprint density at radius 2 is 1.11 bits per heavy atom. The van der Waals surface area contributed by atoms with Crippen LogP contribution in [0.2, 0.25) is 0 Å². The summed E-state index contributed by atoms with van der Waals surface area (Å²) in [6.07, 6.45) is 0. The molecule has 0 aliphatic heterocycles. The van der Waals surface area contributed by atoms with Crippen LogP contribution in [0.25, 0.3) is 0 Å². The van der Waals surface area contributed by atoms with E-state index in [4.69, 9.17) is 0 Å². The van der Waals surface area contributed by atoms with Gasteiger partial charge < -0.3 is 4.74 Å². The number of hydrogen-bond acceptors (Lipinski definition) is 1. The molecule has 0 saturated heterocycles. The van der Waals surface area contributed by atoms with E-state index in [1.807, 2.05) is 0 Å². The Hall–Kier alpha value is -0.180. The molecule has 0 aliphatic rings. The third-order valence-corrected chi connectivity index (χ3v) is 0.485. The van der Waals surface area contributed by atoms with Gasteiger partial charge in [0.1, 0.15) is 0 Å². The average Bonchev–Trinajstić information content (AvgIpc) is 1.14. The molecule has 0 unspecified atom stereocenters. The highest BCUT2D eigenvalue weighted by Gasteiger charge is 2.27. The molecule has 0 amide bonds. The maximum absolute atomic E-state index is 12.4. The van der Waals surface area contributed by atoms with Crippen molar-refractivity contribution in [3.8, 4) is 0 Å². The predicted molar refractivity (Wildman–Crippen MR) is 31.5 cm³/mol. The van der Waals surface area contributed by atoms with Gasteiger partial charge in [-0.15, -0.1) is 0 Å². The van der Waals surface area contributed by atoms with Crippen LogP contribution in [0.5, 0.6) is 0 Å². The van der Waals surface area contributed by atoms with Gasteiger partial charge in [-0.25, -0.2) is 8.78 Å². The zero-order valence-corrected chi connectivity index (χ0v) is 6.16. The molecule has 0 aromatic rings. The zero-order valence-electron chi connectivity index (χ0n) is 6.16. The van der Waals surface area contributed by atoms with Crippen LogP contribution in [-0.4, -0.2) is 11.7 Å². The minimum atomic E-state index is -1.89. The zero-order chi connectivity index (χ0) is 7.71. The van der Waals surface area contributed by atoms with Crippen molar-refractivity contribution in [1.82, 2.24) is 0 Å². The first-order valence-corrected chi connectivity index (χ1v) is 2.79. The second-order valence-corrected chi connectivity index (χ2v) is 2.83. The van der Waals surface area contributed by atoms with Crippen molar-refractivity contribution in [2.75, 3.05) is 0 Å². The quantitative estimate of drug-likeness (QED) is 0.569. The van der Waals surface area contributed by atoms with Crippen molar-refractivity contribution in [2.45, 2.75) is 39.4 Å². The van der Waals surface area contributed by atoms with E-state index < -0.39 is 11.7 Å². The molecule has 0 radical (unpaired) electrons. The third kappa shape index (κ3) is 7.82. The molecule has 0 N–H and O–H groups in total. The molecule has 3 heteroatoms. The number of alkyl halides is 2. The Balaban J connectivity index is 3.75. The van der Waals surface area contributed by atoms with E-state index in [1.54, 1.807) is 0 Å². The lowest BCUT2D eigenvalue weighted by atomic mass is 10.3. The van der Waals surface area contributed by atoms with Gasteiger partial charge in [-0.1, -0.05) is 0 Å². The number of halogens is 2. The minimum Gasteiger partial charge on any atom is -0.310 e. The van der Waals surface area contributed by atoms with Crippen LogP contribution < -0.4 is 0 Å². The van der Waals surface area contributed by atoms with E-state index in [0.29, 0.717) is 0 Å². The summed E-state index contributed by atoms with van der Waals surface area (Å²) in [5.41, 5.74) is 0. The maximum atomic E-state index is 12.4. The van der Waals surface area contributed by atoms with Gasteiger partial charge in [0.25, 0.3) is 0 Å². The monoisotopic (exact) mass is 138 g/mol. The first-order valence-electron chi connectivity index (χ1n) is 2.79. The summed E-state index contributed by atoms with van der Waals surface area (Å²) in [4.78, 5) is 0. The van der Waals surface area contributed by atoms with Gasteiger partial charge in [-0.2, -0.15) is 0 Å². The molecule has 0 spiro atoms. The fraction of sp³-hybridized carbons (Fsp3) is 1.00. The molecule has 0 bridgehead atoms. The lowest BCUT2D eigenvalue weighted by Gasteiger charge is -2.23. The second kappa shape index (κ2) is 2.21. The molecule has 0 fully saturated rings. The molecular weight excluding hydrogens is 126 g/mol. The Kier molecular flexibility index (Phi) is 2.17. The van der Waals surface area contributed by atoms with Crippen molar-refractivity contribution in [3.63, 3.8) is 0 Å². The largest absolute Gasteiger partial charge is 0.310 e. The minimum absolute atomic E-state index is 1.16. The summed E-state index contributed by atoms with van der Waals surface area (Å²) in [6, 6.07) is 0. The molecule has 0 aliphatic carbocycles. The fourth-order valence-electron chi connectivity index (χ4n) is 0.577. The molecule has 9 heavy (non-hydrogen) atoms. The summed E-state index contributed by atoms with van der Waals surface area (Å²) in [7, 11) is 0. The van der Waals surface area contributed by atoms with E-state index in [1.165, 1.54) is 0 Å². The average molecular weight is 138 g/mol. The number of rotatable bonds is 2. The summed E-state index contributed by atoms with van der Waals surface area (Å²) >= 11 is 0. The van der Waals surface area contributed by atoms with Gasteiger partial charge in [-0.3, -0.25) is 0 Å². The lowest BCUT2D eigenvalue weighted by molar-refractivity contribution is -0.241. The van der Waals surface area contributed by atoms with Crippen LogP contribution in [0, 0.1) is 0 Å². The van der Waals surface area contributed by atoms with E-state index in [0.717, 1.165) is 27.7 Å². The third-order valence-electron chi connectivity index (χ3n) is 0.485. The Morgan fingerprint density at radius 3 is 1.11 bits per heavy atom. The molecule has 1 nitrogen and oxygen atoms in total. The smallest absolute Gasteiger partial charge is 0.206 e. The van der Waals surface area contributed by atoms with Gasteiger partial charge in [0.2, 0.25) is 11.7 Å². The van der Waals surface area contributed by atoms with Crippen molar-refractivity contribution >= 4 is 0 Å². The molecule has 0 saturated carbocycles. The highest BCUT2D eigenvalue weighted by atomic mass is 19.2. The van der Waals surface area contributed by atoms with E-state index in [-0.39, 0.29) is 0 Å². The number of ether oxygens (including phenoxy) is 1. The summed E-state index contributed by atoms with van der Waals surface area (Å²) < 4.78 is 29.1. The summed E-state index contributed by atoms with van der Waals surface area (Å²) in [5.74, 6) is -3.78. The van der Waals surface area contributed by atoms with Gasteiger partial charge in [0.15, 0.2) is 0 Å². The molecule has 0 aromatic carbocycles. The van der Waals surface area contributed by atoms with E-state index >= 15 is 0 Å². The van der Waals surface area contributed by atoms with Gasteiger partial charge in [0, 0.05) is 0 Å². The van der Waals surface area contributed by atoms with Crippen LogP contribution in [-0.2, 0) is 4.74 Å². The molecule has 56 valence electrons. The first kappa shape index (κ1) is 8.82. The Labute approximate surface area is 54.0 Å². The Bertz CT molecular complexity index is 76.2. The van der Waals surface area contributed by atoms with Crippen molar-refractivity contribution in [1.29, 1.82) is 0 Å². The standard InChI is InChI=1S/C6H12F2O/c1-5(2,7)9-6(3,4)8/h1-4H3. The Morgan fingerprint density at radius 1 is 0.889 bits per heavy atom. The van der Waals surface area contributed by atoms with Crippen LogP contribution in [0.3, 0.4) is 0 Å². The van der Waals surface area contributed by atoms with Crippen LogP contribution >= 0.6 is 0 Å². The lowest BCUT2D eigenvalue weighted by Crippen LogP contribution is -2.29. The topological polar surface area (TPSA) is 9.23 Å². The van der Waals surface area contributed by atoms with Crippen molar-refractivity contribution < 1.29 is 13.5 Å². The molecule has 0 atom stereocenters. The number of hydrogen-bond donors (Lipinski definition) is 0. The SMILES string of the molecule is CC(C)(F)OC(C)(C)F. The van der Waals surface area contributed by atoms with Gasteiger partial charge in [-0.05, 0) is 27.7 Å². The molecule has 0 aromatic heterocycles. The maximum Gasteiger partial charge on any atom is 0.206 e. The summed E-state index contributed by atoms with van der Waals surface area (Å²) in [6.45, 7) is 4.64. The van der Waals surface area contributed by atoms with E-state index in [2.05, 4.69) is 4.74 Å². The molecule has 0 rings (SSSR count). The predicted octanol–water partition coefficient (Wildman–Crippen LogP) is 2.41.